The van der Waals surface area contributed by atoms with Gasteiger partial charge in [-0.05, 0) is 35.3 Å². The van der Waals surface area contributed by atoms with E-state index < -0.39 is 0 Å². The van der Waals surface area contributed by atoms with E-state index in [0.29, 0.717) is 5.92 Å². The van der Waals surface area contributed by atoms with Crippen molar-refractivity contribution in [2.75, 3.05) is 13.7 Å². The molecule has 23 heavy (non-hydrogen) atoms. The zero-order chi connectivity index (χ0) is 16.1. The smallest absolute Gasteiger partial charge is 0.118 e. The molecule has 0 saturated heterocycles. The Bertz CT molecular complexity index is 643. The Morgan fingerprint density at radius 3 is 2.17 bits per heavy atom. The second kappa shape index (κ2) is 7.47. The monoisotopic (exact) mass is 307 g/mol. The van der Waals surface area contributed by atoms with E-state index in [0.717, 1.165) is 18.8 Å². The zero-order valence-corrected chi connectivity index (χ0v) is 13.7. The molecule has 1 aliphatic carbocycles. The Morgan fingerprint density at radius 2 is 1.61 bits per heavy atom. The normalized spacial score (nSPS) is 15.7. The molecule has 2 aromatic carbocycles. The lowest BCUT2D eigenvalue weighted by Crippen LogP contribution is -2.11. The standard InChI is InChI=1S/C21H23O2/c1-3-16(17-7-5-4-6-8-17)15-23-21(18-9-10-18)19-11-13-20(22-2)14-12-19/h4-14,16,21H,3,15H2,1-2H3. The van der Waals surface area contributed by atoms with Crippen molar-refractivity contribution >= 4 is 0 Å². The molecule has 0 aliphatic heterocycles. The van der Waals surface area contributed by atoms with Gasteiger partial charge in [0.05, 0.1) is 13.7 Å². The minimum absolute atomic E-state index is 0.0265. The highest BCUT2D eigenvalue weighted by molar-refractivity contribution is 5.46. The third kappa shape index (κ3) is 4.02. The molecule has 2 nitrogen and oxygen atoms in total. The molecule has 1 aliphatic rings. The van der Waals surface area contributed by atoms with E-state index in [4.69, 9.17) is 9.47 Å². The predicted molar refractivity (Wildman–Crippen MR) is 93.5 cm³/mol. The van der Waals surface area contributed by atoms with Crippen LogP contribution in [0.25, 0.3) is 0 Å². The second-order valence-corrected chi connectivity index (χ2v) is 5.84. The summed E-state index contributed by atoms with van der Waals surface area (Å²) in [5, 5.41) is 0. The zero-order valence-electron chi connectivity index (χ0n) is 13.7. The first kappa shape index (κ1) is 15.8. The molecule has 0 heterocycles. The van der Waals surface area contributed by atoms with Crippen molar-refractivity contribution < 1.29 is 9.47 Å². The summed E-state index contributed by atoms with van der Waals surface area (Å²) in [5.41, 5.74) is 3.78. The van der Waals surface area contributed by atoms with Crippen LogP contribution in [0.1, 0.15) is 36.5 Å². The van der Waals surface area contributed by atoms with Crippen LogP contribution in [0.2, 0.25) is 0 Å². The topological polar surface area (TPSA) is 18.5 Å². The maximum absolute atomic E-state index is 6.29. The molecule has 0 fully saturated rings. The van der Waals surface area contributed by atoms with Gasteiger partial charge in [0.15, 0.2) is 0 Å². The van der Waals surface area contributed by atoms with Crippen molar-refractivity contribution in [1.29, 1.82) is 0 Å². The summed E-state index contributed by atoms with van der Waals surface area (Å²) in [5.74, 6) is 1.30. The van der Waals surface area contributed by atoms with Crippen LogP contribution in [0.3, 0.4) is 0 Å². The fraction of sp³-hybridized carbons (Fsp3) is 0.286. The number of hydrogen-bond acceptors (Lipinski definition) is 2. The van der Waals surface area contributed by atoms with E-state index >= 15 is 0 Å². The third-order valence-corrected chi connectivity index (χ3v) is 4.31. The van der Waals surface area contributed by atoms with Gasteiger partial charge in [-0.3, -0.25) is 0 Å². The molecule has 2 atom stereocenters. The summed E-state index contributed by atoms with van der Waals surface area (Å²) in [7, 11) is 1.69. The molecule has 2 aromatic rings. The summed E-state index contributed by atoms with van der Waals surface area (Å²) in [6, 6.07) is 18.8. The molecule has 2 heteroatoms. The summed E-state index contributed by atoms with van der Waals surface area (Å²) in [6.45, 7) is 2.94. The van der Waals surface area contributed by atoms with Crippen LogP contribution in [0.15, 0.2) is 66.2 Å². The maximum Gasteiger partial charge on any atom is 0.118 e. The molecule has 0 spiro atoms. The summed E-state index contributed by atoms with van der Waals surface area (Å²) < 4.78 is 11.5. The molecule has 119 valence electrons. The Morgan fingerprint density at radius 1 is 0.913 bits per heavy atom. The predicted octanol–water partition coefficient (Wildman–Crippen LogP) is 5.09. The van der Waals surface area contributed by atoms with Crippen LogP contribution in [0.5, 0.6) is 5.75 Å². The van der Waals surface area contributed by atoms with Crippen molar-refractivity contribution in [1.82, 2.24) is 0 Å². The van der Waals surface area contributed by atoms with Crippen LogP contribution in [0, 0.1) is 6.42 Å². The average Bonchev–Trinajstić information content (AvgIpc) is 3.45. The van der Waals surface area contributed by atoms with Gasteiger partial charge in [-0.25, -0.2) is 0 Å². The highest BCUT2D eigenvalue weighted by Crippen LogP contribution is 2.37. The van der Waals surface area contributed by atoms with Crippen molar-refractivity contribution in [3.8, 4) is 5.75 Å². The summed E-state index contributed by atoms with van der Waals surface area (Å²) in [6.07, 6.45) is 5.34. The van der Waals surface area contributed by atoms with Crippen LogP contribution < -0.4 is 4.74 Å². The van der Waals surface area contributed by atoms with Gasteiger partial charge in [0, 0.05) is 12.3 Å². The molecule has 1 radical (unpaired) electrons. The lowest BCUT2D eigenvalue weighted by molar-refractivity contribution is 0.0690. The van der Waals surface area contributed by atoms with Gasteiger partial charge >= 0.3 is 0 Å². The van der Waals surface area contributed by atoms with Crippen LogP contribution >= 0.6 is 0 Å². The fourth-order valence-corrected chi connectivity index (χ4v) is 2.77. The molecule has 2 unspecified atom stereocenters. The number of allylic oxidation sites excluding steroid dienone is 1. The fourth-order valence-electron chi connectivity index (χ4n) is 2.77. The first-order chi connectivity index (χ1) is 11.3. The largest absolute Gasteiger partial charge is 0.497 e. The summed E-state index contributed by atoms with van der Waals surface area (Å²) in [4.78, 5) is 0. The molecular formula is C21H23O2. The van der Waals surface area contributed by atoms with Crippen LogP contribution in [-0.2, 0) is 4.74 Å². The van der Waals surface area contributed by atoms with Crippen LogP contribution in [-0.4, -0.2) is 13.7 Å². The minimum atomic E-state index is 0.0265. The van der Waals surface area contributed by atoms with E-state index in [1.165, 1.54) is 16.7 Å². The van der Waals surface area contributed by atoms with Gasteiger partial charge in [-0.2, -0.15) is 0 Å². The highest BCUT2D eigenvalue weighted by Gasteiger charge is 2.24. The van der Waals surface area contributed by atoms with E-state index in [2.05, 4.69) is 61.9 Å². The van der Waals surface area contributed by atoms with E-state index in [9.17, 15) is 0 Å². The van der Waals surface area contributed by atoms with Gasteiger partial charge in [0.1, 0.15) is 11.9 Å². The Balaban J connectivity index is 1.69. The first-order valence-corrected chi connectivity index (χ1v) is 8.17. The van der Waals surface area contributed by atoms with Crippen molar-refractivity contribution in [3.63, 3.8) is 0 Å². The van der Waals surface area contributed by atoms with E-state index in [1.807, 2.05) is 12.1 Å². The Labute approximate surface area is 138 Å². The maximum atomic E-state index is 6.29. The molecule has 0 bridgehead atoms. The number of hydrogen-bond donors (Lipinski definition) is 0. The average molecular weight is 307 g/mol. The molecule has 3 rings (SSSR count). The Kier molecular flexibility index (Phi) is 5.14. The van der Waals surface area contributed by atoms with E-state index in [1.54, 1.807) is 7.11 Å². The first-order valence-electron chi connectivity index (χ1n) is 8.17. The van der Waals surface area contributed by atoms with Crippen LogP contribution in [0.4, 0.5) is 0 Å². The SMILES string of the molecule is CCC(COC(C1=C[CH]1)c1ccc(OC)cc1)c1ccccc1. The lowest BCUT2D eigenvalue weighted by atomic mass is 9.97. The third-order valence-electron chi connectivity index (χ3n) is 4.31. The molecule has 0 amide bonds. The number of ether oxygens (including phenoxy) is 2. The quantitative estimate of drug-likeness (QED) is 0.676. The van der Waals surface area contributed by atoms with Gasteiger partial charge in [-0.15, -0.1) is 0 Å². The number of rotatable bonds is 8. The highest BCUT2D eigenvalue weighted by atomic mass is 16.5. The van der Waals surface area contributed by atoms with Gasteiger partial charge in [0.25, 0.3) is 0 Å². The number of benzene rings is 2. The van der Waals surface area contributed by atoms with Gasteiger partial charge < -0.3 is 9.47 Å². The minimum Gasteiger partial charge on any atom is -0.497 e. The van der Waals surface area contributed by atoms with Gasteiger partial charge in [-0.1, -0.05) is 55.5 Å². The summed E-state index contributed by atoms with van der Waals surface area (Å²) >= 11 is 0. The molecule has 0 saturated carbocycles. The van der Waals surface area contributed by atoms with Crippen molar-refractivity contribution in [2.45, 2.75) is 25.4 Å². The Hall–Kier alpha value is -2.06. The van der Waals surface area contributed by atoms with Crippen molar-refractivity contribution in [2.24, 2.45) is 0 Å². The van der Waals surface area contributed by atoms with E-state index in [-0.39, 0.29) is 6.10 Å². The molecule has 0 aromatic heterocycles. The van der Waals surface area contributed by atoms with Crippen molar-refractivity contribution in [3.05, 3.63) is 83.8 Å². The molecular weight excluding hydrogens is 284 g/mol. The van der Waals surface area contributed by atoms with Gasteiger partial charge in [0.2, 0.25) is 0 Å². The molecule has 0 N–H and O–H groups in total. The number of methoxy groups -OCH3 is 1. The second-order valence-electron chi connectivity index (χ2n) is 5.84. The lowest BCUT2D eigenvalue weighted by Gasteiger charge is -2.21.